The second kappa shape index (κ2) is 7.27. The van der Waals surface area contributed by atoms with Crippen molar-refractivity contribution in [3.05, 3.63) is 29.3 Å². The Balaban J connectivity index is 1.65. The van der Waals surface area contributed by atoms with E-state index in [4.69, 9.17) is 4.98 Å². The van der Waals surface area contributed by atoms with Gasteiger partial charge in [0, 0.05) is 18.9 Å². The summed E-state index contributed by atoms with van der Waals surface area (Å²) in [6.45, 7) is 4.95. The summed E-state index contributed by atoms with van der Waals surface area (Å²) in [5, 5.41) is 6.16. The Labute approximate surface area is 145 Å². The molecule has 3 N–H and O–H groups in total. The lowest BCUT2D eigenvalue weighted by atomic mass is 10.2. The topological polar surface area (TPSA) is 75.5 Å². The van der Waals surface area contributed by atoms with Crippen LogP contribution in [0.15, 0.2) is 24.3 Å². The summed E-state index contributed by atoms with van der Waals surface area (Å²) in [6, 6.07) is 7.93. The van der Waals surface area contributed by atoms with Gasteiger partial charge in [0.2, 0.25) is 0 Å². The second-order valence-electron chi connectivity index (χ2n) is 6.48. The van der Waals surface area contributed by atoms with E-state index < -0.39 is 6.03 Å². The number of carbonyl (C=O) groups excluding carboxylic acids is 2. The van der Waals surface area contributed by atoms with E-state index in [2.05, 4.69) is 16.7 Å². The van der Waals surface area contributed by atoms with E-state index in [1.807, 2.05) is 32.0 Å². The fourth-order valence-corrected chi connectivity index (χ4v) is 4.30. The molecule has 0 bridgehead atoms. The fourth-order valence-electron chi connectivity index (χ4n) is 3.14. The van der Waals surface area contributed by atoms with Crippen LogP contribution in [0.4, 0.5) is 4.79 Å². The van der Waals surface area contributed by atoms with Crippen molar-refractivity contribution in [3.63, 3.8) is 0 Å². The van der Waals surface area contributed by atoms with E-state index in [0.29, 0.717) is 6.54 Å². The third kappa shape index (κ3) is 3.91. The summed E-state index contributed by atoms with van der Waals surface area (Å²) < 4.78 is 1.18. The summed E-state index contributed by atoms with van der Waals surface area (Å²) in [5.41, 5.74) is 1.02. The van der Waals surface area contributed by atoms with Gasteiger partial charge in [-0.2, -0.15) is 0 Å². The van der Waals surface area contributed by atoms with Crippen molar-refractivity contribution < 1.29 is 14.5 Å². The lowest BCUT2D eigenvalue weighted by Crippen LogP contribution is -3.11. The monoisotopic (exact) mass is 347 g/mol. The highest BCUT2D eigenvalue weighted by Gasteiger charge is 2.34. The highest BCUT2D eigenvalue weighted by Crippen LogP contribution is 2.28. The van der Waals surface area contributed by atoms with Crippen LogP contribution in [0.3, 0.4) is 0 Å². The third-order valence-electron chi connectivity index (χ3n) is 4.15. The van der Waals surface area contributed by atoms with E-state index in [9.17, 15) is 9.59 Å². The summed E-state index contributed by atoms with van der Waals surface area (Å²) in [5.74, 6) is -0.240. The second-order valence-corrected chi connectivity index (χ2v) is 7.54. The highest BCUT2D eigenvalue weighted by molar-refractivity contribution is 7.18. The van der Waals surface area contributed by atoms with Gasteiger partial charge in [-0.3, -0.25) is 10.1 Å². The number of urea groups is 1. The van der Waals surface area contributed by atoms with Crippen LogP contribution in [0.25, 0.3) is 10.2 Å². The van der Waals surface area contributed by atoms with Gasteiger partial charge in [0.15, 0.2) is 11.6 Å². The zero-order valence-electron chi connectivity index (χ0n) is 14.0. The van der Waals surface area contributed by atoms with E-state index in [1.165, 1.54) is 9.60 Å². The zero-order chi connectivity index (χ0) is 17.1. The van der Waals surface area contributed by atoms with Gasteiger partial charge in [-0.15, -0.1) is 11.3 Å². The molecule has 3 rings (SSSR count). The number of rotatable bonds is 4. The van der Waals surface area contributed by atoms with Crippen LogP contribution in [0.5, 0.6) is 0 Å². The van der Waals surface area contributed by atoms with Crippen molar-refractivity contribution in [2.75, 3.05) is 13.1 Å². The highest BCUT2D eigenvalue weighted by atomic mass is 32.1. The SMILES string of the molecule is CC(C)NC(=O)NC(=O)C[NH+]1CCC[C@@H]1c1nc2ccccc2s1. The molecule has 0 aliphatic carbocycles. The molecule has 2 heterocycles. The summed E-state index contributed by atoms with van der Waals surface area (Å²) in [7, 11) is 0. The molecule has 3 amide bonds. The molecule has 1 aromatic carbocycles. The molecule has 1 fully saturated rings. The lowest BCUT2D eigenvalue weighted by Gasteiger charge is -2.19. The smallest absolute Gasteiger partial charge is 0.321 e. The minimum Gasteiger partial charge on any atom is -0.336 e. The first-order chi connectivity index (χ1) is 11.5. The quantitative estimate of drug-likeness (QED) is 0.779. The zero-order valence-corrected chi connectivity index (χ0v) is 14.8. The summed E-state index contributed by atoms with van der Waals surface area (Å²) >= 11 is 1.70. The molecule has 2 atom stereocenters. The number of amides is 3. The molecule has 24 heavy (non-hydrogen) atoms. The molecular weight excluding hydrogens is 324 g/mol. The molecule has 2 aromatic rings. The number of nitrogens with zero attached hydrogens (tertiary/aromatic N) is 1. The molecule has 0 saturated carbocycles. The number of quaternary nitrogens is 1. The Morgan fingerprint density at radius 2 is 2.17 bits per heavy atom. The maximum Gasteiger partial charge on any atom is 0.321 e. The van der Waals surface area contributed by atoms with Crippen molar-refractivity contribution in [1.29, 1.82) is 0 Å². The Hall–Kier alpha value is -1.99. The van der Waals surface area contributed by atoms with Gasteiger partial charge in [0.05, 0.1) is 16.8 Å². The number of hydrogen-bond donors (Lipinski definition) is 3. The first-order valence-electron chi connectivity index (χ1n) is 8.33. The molecule has 128 valence electrons. The van der Waals surface area contributed by atoms with Gasteiger partial charge in [0.25, 0.3) is 5.91 Å². The Morgan fingerprint density at radius 1 is 1.38 bits per heavy atom. The van der Waals surface area contributed by atoms with Crippen LogP contribution in [0, 0.1) is 0 Å². The van der Waals surface area contributed by atoms with Crippen molar-refractivity contribution in [3.8, 4) is 0 Å². The van der Waals surface area contributed by atoms with Crippen molar-refractivity contribution >= 4 is 33.5 Å². The molecule has 1 saturated heterocycles. The maximum atomic E-state index is 12.1. The van der Waals surface area contributed by atoms with Crippen LogP contribution in [0.1, 0.15) is 37.7 Å². The standard InChI is InChI=1S/C17H22N4O2S/c1-11(2)18-17(23)20-15(22)10-21-9-5-7-13(21)16-19-12-6-3-4-8-14(12)24-16/h3-4,6,8,11,13H,5,7,9-10H2,1-2H3,(H2,18,20,22,23)/p+1/t13-/m1/s1. The van der Waals surface area contributed by atoms with Gasteiger partial charge in [-0.1, -0.05) is 12.1 Å². The van der Waals surface area contributed by atoms with Crippen LogP contribution < -0.4 is 15.5 Å². The molecule has 0 radical (unpaired) electrons. The number of nitrogens with one attached hydrogen (secondary N) is 3. The fraction of sp³-hybridized carbons (Fsp3) is 0.471. The molecule has 0 spiro atoms. The number of carbonyl (C=O) groups is 2. The number of aromatic nitrogens is 1. The predicted molar refractivity (Wildman–Crippen MR) is 94.1 cm³/mol. The van der Waals surface area contributed by atoms with Crippen molar-refractivity contribution in [2.45, 2.75) is 38.8 Å². The van der Waals surface area contributed by atoms with Crippen LogP contribution in [0.2, 0.25) is 0 Å². The van der Waals surface area contributed by atoms with Crippen LogP contribution >= 0.6 is 11.3 Å². The van der Waals surface area contributed by atoms with Gasteiger partial charge in [-0.05, 0) is 26.0 Å². The number of fused-ring (bicyclic) bond motifs is 1. The average molecular weight is 347 g/mol. The van der Waals surface area contributed by atoms with Gasteiger partial charge in [-0.25, -0.2) is 9.78 Å². The number of benzene rings is 1. The average Bonchev–Trinajstić information content (AvgIpc) is 3.11. The number of hydrogen-bond acceptors (Lipinski definition) is 4. The first-order valence-corrected chi connectivity index (χ1v) is 9.15. The van der Waals surface area contributed by atoms with Gasteiger partial charge < -0.3 is 10.2 Å². The number of likely N-dealkylation sites (tertiary alicyclic amines) is 1. The largest absolute Gasteiger partial charge is 0.336 e. The molecule has 1 unspecified atom stereocenters. The minimum atomic E-state index is -0.426. The Morgan fingerprint density at radius 3 is 2.92 bits per heavy atom. The number of para-hydroxylation sites is 1. The maximum absolute atomic E-state index is 12.1. The molecule has 6 nitrogen and oxygen atoms in total. The minimum absolute atomic E-state index is 0.00688. The van der Waals surface area contributed by atoms with Crippen molar-refractivity contribution in [1.82, 2.24) is 15.6 Å². The number of thiazole rings is 1. The summed E-state index contributed by atoms with van der Waals surface area (Å²) in [4.78, 5) is 29.7. The molecular formula is C17H23N4O2S+. The van der Waals surface area contributed by atoms with E-state index >= 15 is 0 Å². The predicted octanol–water partition coefficient (Wildman–Crippen LogP) is 1.25. The normalized spacial score (nSPS) is 20.5. The van der Waals surface area contributed by atoms with E-state index in [-0.39, 0.29) is 18.0 Å². The molecule has 1 aliphatic heterocycles. The third-order valence-corrected chi connectivity index (χ3v) is 5.30. The van der Waals surface area contributed by atoms with E-state index in [0.717, 1.165) is 29.9 Å². The first kappa shape index (κ1) is 16.9. The number of imide groups is 1. The van der Waals surface area contributed by atoms with Crippen LogP contribution in [-0.4, -0.2) is 36.1 Å². The van der Waals surface area contributed by atoms with Gasteiger partial charge >= 0.3 is 6.03 Å². The Kier molecular flexibility index (Phi) is 5.11. The molecule has 7 heteroatoms. The van der Waals surface area contributed by atoms with Crippen LogP contribution in [-0.2, 0) is 4.79 Å². The lowest BCUT2D eigenvalue weighted by molar-refractivity contribution is -0.910. The molecule has 1 aliphatic rings. The molecule has 1 aromatic heterocycles. The van der Waals surface area contributed by atoms with E-state index in [1.54, 1.807) is 11.3 Å². The summed E-state index contributed by atoms with van der Waals surface area (Å²) in [6.07, 6.45) is 2.10. The van der Waals surface area contributed by atoms with Crippen molar-refractivity contribution in [2.24, 2.45) is 0 Å². The Bertz CT molecular complexity index is 710. The van der Waals surface area contributed by atoms with Gasteiger partial charge in [0.1, 0.15) is 6.04 Å².